The second-order valence-corrected chi connectivity index (χ2v) is 5.94. The molecular formula is C15H12FNO2S. The van der Waals surface area contributed by atoms with Gasteiger partial charge in [-0.15, -0.1) is 0 Å². The van der Waals surface area contributed by atoms with Crippen LogP contribution >= 0.6 is 11.8 Å². The first-order valence-electron chi connectivity index (χ1n) is 6.36. The van der Waals surface area contributed by atoms with Crippen molar-refractivity contribution in [1.82, 2.24) is 0 Å². The molecule has 2 aromatic rings. The molecule has 2 aromatic carbocycles. The van der Waals surface area contributed by atoms with E-state index >= 15 is 0 Å². The molecule has 0 unspecified atom stereocenters. The molecule has 102 valence electrons. The summed E-state index contributed by atoms with van der Waals surface area (Å²) < 4.78 is 13.4. The number of benzene rings is 2. The van der Waals surface area contributed by atoms with Crippen LogP contribution in [0.3, 0.4) is 0 Å². The summed E-state index contributed by atoms with van der Waals surface area (Å²) in [6.07, 6.45) is 3.37. The van der Waals surface area contributed by atoms with Gasteiger partial charge in [-0.3, -0.25) is 10.1 Å². The Balaban J connectivity index is 1.89. The zero-order valence-corrected chi connectivity index (χ0v) is 11.5. The van der Waals surface area contributed by atoms with Crippen LogP contribution in [0.1, 0.15) is 17.5 Å². The van der Waals surface area contributed by atoms with Gasteiger partial charge in [-0.2, -0.15) is 0 Å². The lowest BCUT2D eigenvalue weighted by atomic mass is 10.1. The van der Waals surface area contributed by atoms with E-state index in [1.165, 1.54) is 41.4 Å². The van der Waals surface area contributed by atoms with E-state index in [-0.39, 0.29) is 5.69 Å². The Hall–Kier alpha value is -1.88. The molecule has 0 aliphatic heterocycles. The molecule has 0 heterocycles. The van der Waals surface area contributed by atoms with Crippen molar-refractivity contribution in [1.29, 1.82) is 0 Å². The summed E-state index contributed by atoms with van der Waals surface area (Å²) in [6, 6.07) is 9.85. The standard InChI is InChI=1S/C15H12FNO2S/c16-12-7-13(17(18)19)9-15(8-12)20-14-5-4-10-2-1-3-11(10)6-14/h4-9H,1-3H2. The van der Waals surface area contributed by atoms with E-state index in [2.05, 4.69) is 12.1 Å². The molecule has 5 heteroatoms. The van der Waals surface area contributed by atoms with Gasteiger partial charge in [-0.1, -0.05) is 17.8 Å². The van der Waals surface area contributed by atoms with Crippen molar-refractivity contribution in [2.45, 2.75) is 29.1 Å². The second-order valence-electron chi connectivity index (χ2n) is 4.79. The molecule has 20 heavy (non-hydrogen) atoms. The van der Waals surface area contributed by atoms with Gasteiger partial charge >= 0.3 is 0 Å². The number of rotatable bonds is 3. The second kappa shape index (κ2) is 5.25. The van der Waals surface area contributed by atoms with E-state index in [0.29, 0.717) is 4.90 Å². The zero-order chi connectivity index (χ0) is 14.1. The third-order valence-electron chi connectivity index (χ3n) is 3.37. The lowest BCUT2D eigenvalue weighted by molar-refractivity contribution is -0.385. The van der Waals surface area contributed by atoms with Crippen molar-refractivity contribution < 1.29 is 9.31 Å². The fraction of sp³-hybridized carbons (Fsp3) is 0.200. The number of halogens is 1. The van der Waals surface area contributed by atoms with Crippen LogP contribution in [-0.2, 0) is 12.8 Å². The van der Waals surface area contributed by atoms with Crippen molar-refractivity contribution in [2.24, 2.45) is 0 Å². The number of hydrogen-bond acceptors (Lipinski definition) is 3. The summed E-state index contributed by atoms with van der Waals surface area (Å²) in [7, 11) is 0. The van der Waals surface area contributed by atoms with Crippen molar-refractivity contribution in [2.75, 3.05) is 0 Å². The molecule has 0 radical (unpaired) electrons. The average Bonchev–Trinajstić information content (AvgIpc) is 2.85. The van der Waals surface area contributed by atoms with Gasteiger partial charge in [0.1, 0.15) is 5.82 Å². The molecule has 0 saturated heterocycles. The topological polar surface area (TPSA) is 43.1 Å². The zero-order valence-electron chi connectivity index (χ0n) is 10.6. The third-order valence-corrected chi connectivity index (χ3v) is 4.33. The van der Waals surface area contributed by atoms with Gasteiger partial charge in [-0.05, 0) is 48.6 Å². The SMILES string of the molecule is O=[N+]([O-])c1cc(F)cc(Sc2ccc3c(c2)CCC3)c1. The van der Waals surface area contributed by atoms with Gasteiger partial charge in [0.25, 0.3) is 5.69 Å². The van der Waals surface area contributed by atoms with Gasteiger partial charge in [0.05, 0.1) is 11.0 Å². The normalized spacial score (nSPS) is 13.2. The lowest BCUT2D eigenvalue weighted by Gasteiger charge is -2.05. The molecule has 0 saturated carbocycles. The highest BCUT2D eigenvalue weighted by Gasteiger charge is 2.13. The Morgan fingerprint density at radius 3 is 2.65 bits per heavy atom. The molecule has 1 aliphatic rings. The molecule has 0 atom stereocenters. The predicted molar refractivity (Wildman–Crippen MR) is 75.6 cm³/mol. The molecule has 0 fully saturated rings. The molecule has 3 nitrogen and oxygen atoms in total. The highest BCUT2D eigenvalue weighted by atomic mass is 32.2. The van der Waals surface area contributed by atoms with E-state index in [0.717, 1.165) is 23.8 Å². The van der Waals surface area contributed by atoms with Gasteiger partial charge in [0.2, 0.25) is 0 Å². The summed E-state index contributed by atoms with van der Waals surface area (Å²) in [4.78, 5) is 11.7. The van der Waals surface area contributed by atoms with Crippen LogP contribution in [0.5, 0.6) is 0 Å². The van der Waals surface area contributed by atoms with Crippen molar-refractivity contribution in [3.8, 4) is 0 Å². The van der Waals surface area contributed by atoms with Gasteiger partial charge in [0, 0.05) is 15.9 Å². The Morgan fingerprint density at radius 2 is 1.85 bits per heavy atom. The van der Waals surface area contributed by atoms with Crippen LogP contribution in [0, 0.1) is 15.9 Å². The molecule has 0 N–H and O–H groups in total. The summed E-state index contributed by atoms with van der Waals surface area (Å²) in [5.74, 6) is -0.581. The van der Waals surface area contributed by atoms with Crippen molar-refractivity contribution in [3.63, 3.8) is 0 Å². The molecule has 0 aromatic heterocycles. The van der Waals surface area contributed by atoms with Crippen LogP contribution in [0.4, 0.5) is 10.1 Å². The number of fused-ring (bicyclic) bond motifs is 1. The van der Waals surface area contributed by atoms with E-state index in [4.69, 9.17) is 0 Å². The first kappa shape index (κ1) is 13.1. The van der Waals surface area contributed by atoms with Gasteiger partial charge < -0.3 is 0 Å². The van der Waals surface area contributed by atoms with E-state index in [9.17, 15) is 14.5 Å². The number of non-ortho nitro benzene ring substituents is 1. The van der Waals surface area contributed by atoms with Crippen LogP contribution in [-0.4, -0.2) is 4.92 Å². The molecule has 0 bridgehead atoms. The molecule has 0 spiro atoms. The summed E-state index contributed by atoms with van der Waals surface area (Å²) >= 11 is 1.35. The van der Waals surface area contributed by atoms with Crippen LogP contribution in [0.15, 0.2) is 46.2 Å². The predicted octanol–water partition coefficient (Wildman–Crippen LogP) is 4.37. The minimum Gasteiger partial charge on any atom is -0.258 e. The smallest absolute Gasteiger partial charge is 0.258 e. The third kappa shape index (κ3) is 2.67. The van der Waals surface area contributed by atoms with Gasteiger partial charge in [0.15, 0.2) is 0 Å². The largest absolute Gasteiger partial charge is 0.273 e. The quantitative estimate of drug-likeness (QED) is 0.622. The van der Waals surface area contributed by atoms with Crippen molar-refractivity contribution in [3.05, 3.63) is 63.5 Å². The van der Waals surface area contributed by atoms with Crippen LogP contribution < -0.4 is 0 Å². The number of nitrogens with zero attached hydrogens (tertiary/aromatic N) is 1. The summed E-state index contributed by atoms with van der Waals surface area (Å²) in [5.41, 5.74) is 2.49. The fourth-order valence-corrected chi connectivity index (χ4v) is 3.42. The Morgan fingerprint density at radius 1 is 1.05 bits per heavy atom. The number of nitro benzene ring substituents is 1. The first-order valence-corrected chi connectivity index (χ1v) is 7.18. The maximum atomic E-state index is 13.4. The molecule has 1 aliphatic carbocycles. The number of nitro groups is 1. The van der Waals surface area contributed by atoms with E-state index in [1.807, 2.05) is 6.07 Å². The molecule has 0 amide bonds. The highest BCUT2D eigenvalue weighted by Crippen LogP contribution is 2.33. The minimum absolute atomic E-state index is 0.214. The Kier molecular flexibility index (Phi) is 3.44. The highest BCUT2D eigenvalue weighted by molar-refractivity contribution is 7.99. The summed E-state index contributed by atoms with van der Waals surface area (Å²) in [5, 5.41) is 10.7. The monoisotopic (exact) mass is 289 g/mol. The minimum atomic E-state index is -0.581. The average molecular weight is 289 g/mol. The number of aryl methyl sites for hydroxylation is 2. The van der Waals surface area contributed by atoms with Crippen molar-refractivity contribution >= 4 is 17.4 Å². The fourth-order valence-electron chi connectivity index (χ4n) is 2.46. The van der Waals surface area contributed by atoms with Gasteiger partial charge in [-0.25, -0.2) is 4.39 Å². The first-order chi connectivity index (χ1) is 9.61. The maximum Gasteiger partial charge on any atom is 0.273 e. The summed E-state index contributed by atoms with van der Waals surface area (Å²) in [6.45, 7) is 0. The van der Waals surface area contributed by atoms with E-state index in [1.54, 1.807) is 0 Å². The molecule has 3 rings (SSSR count). The Labute approximate surface area is 120 Å². The molecular weight excluding hydrogens is 277 g/mol. The van der Waals surface area contributed by atoms with E-state index < -0.39 is 10.7 Å². The lowest BCUT2D eigenvalue weighted by Crippen LogP contribution is -1.90. The van der Waals surface area contributed by atoms with Crippen LogP contribution in [0.25, 0.3) is 0 Å². The Bertz CT molecular complexity index is 688. The maximum absolute atomic E-state index is 13.4. The number of hydrogen-bond donors (Lipinski definition) is 0. The van der Waals surface area contributed by atoms with Crippen LogP contribution in [0.2, 0.25) is 0 Å².